The van der Waals surface area contributed by atoms with Crippen molar-refractivity contribution >= 4 is 92.8 Å². The number of amides is 1. The SMILES string of the molecule is CCCNc1ccn([C@@H]2O[C@H](COP(=O)(O)OP(=O)(O)OP(=O)(O)C3CCCCC3)C(O)[C@@H]2O)c(=O)n1.O=C(Nc1ccn([C@H]2CC(O)[C@@H](COP(=O)(O)OP(=O)(O)OP(=O)(O)Cc3ccccc3)O2)c(=O)n1)OCc1ccccc1.O=c1[nH]c(=O)n([C@@H]2O[C@H](COP(=O)(O)OP(=O)(O)OP(=O)(O)c3ccccc3)C(O)[C@@H]2O)cc1C#CCc1ccccc1. The van der Waals surface area contributed by atoms with Crippen LogP contribution < -0.4 is 38.6 Å². The molecule has 4 aliphatic rings. The minimum atomic E-state index is -5.69. The average molecular weight is 1930 g/mol. The van der Waals surface area contributed by atoms with Gasteiger partial charge in [0.05, 0.1) is 43.1 Å². The van der Waals surface area contributed by atoms with E-state index in [9.17, 15) is 135 Å². The molecule has 20 atom stereocenters. The summed E-state index contributed by atoms with van der Waals surface area (Å²) in [6, 6.07) is 34.7. The van der Waals surface area contributed by atoms with Crippen LogP contribution >= 0.6 is 69.7 Å². The van der Waals surface area contributed by atoms with Crippen molar-refractivity contribution in [3.8, 4) is 11.8 Å². The number of nitrogens with zero attached hydrogens (tertiary/aromatic N) is 5. The fraction of sp³-hybridized carbons (Fsp3) is 0.409. The summed E-state index contributed by atoms with van der Waals surface area (Å²) < 4.78 is 173. The van der Waals surface area contributed by atoms with Crippen molar-refractivity contribution in [2.75, 3.05) is 37.0 Å². The van der Waals surface area contributed by atoms with E-state index in [-0.39, 0.29) is 49.2 Å². The number of aromatic nitrogens is 6. The molecule has 0 radical (unpaired) electrons. The van der Waals surface area contributed by atoms with Crippen molar-refractivity contribution in [2.45, 2.75) is 144 Å². The quantitative estimate of drug-likeness (QED) is 0.0178. The van der Waals surface area contributed by atoms with Gasteiger partial charge in [-0.15, -0.1) is 0 Å². The molecule has 7 aromatic rings. The van der Waals surface area contributed by atoms with Crippen LogP contribution in [-0.2, 0) is 119 Å². The second-order valence-electron chi connectivity index (χ2n) is 27.0. The first-order valence-corrected chi connectivity index (χ1v) is 50.5. The Morgan fingerprint density at radius 1 is 0.524 bits per heavy atom. The van der Waals surface area contributed by atoms with Gasteiger partial charge in [-0.25, -0.2) is 59.5 Å². The molecule has 3 aliphatic heterocycles. The molecule has 6 heterocycles. The number of phosphoric acid groups is 6. The normalized spacial score (nSPS) is 25.2. The number of anilines is 2. The second kappa shape index (κ2) is 43.9. The van der Waals surface area contributed by atoms with Gasteiger partial charge in [-0.3, -0.25) is 56.1 Å². The third-order valence-corrected chi connectivity index (χ3v) is 32.4. The molecule has 124 heavy (non-hydrogen) atoms. The molecule has 3 aromatic heterocycles. The summed E-state index contributed by atoms with van der Waals surface area (Å²) >= 11 is 0. The maximum Gasteiger partial charge on any atom is 0.488 e. The number of phosphoric ester groups is 3. The topological polar surface area (TPSA) is 723 Å². The van der Waals surface area contributed by atoms with Crippen molar-refractivity contribution in [1.29, 1.82) is 0 Å². The summed E-state index contributed by atoms with van der Waals surface area (Å²) in [4.78, 5) is 160. The van der Waals surface area contributed by atoms with Gasteiger partial charge in [-0.05, 0) is 60.2 Å². The molecule has 4 aromatic carbocycles. The number of carbonyl (C=O) groups is 1. The molecular weight excluding hydrogens is 1840 g/mol. The number of aliphatic hydroxyl groups is 5. The van der Waals surface area contributed by atoms with Crippen molar-refractivity contribution in [3.63, 3.8) is 0 Å². The van der Waals surface area contributed by atoms with Crippen molar-refractivity contribution in [1.82, 2.24) is 28.7 Å². The van der Waals surface area contributed by atoms with Crippen LogP contribution in [0.2, 0.25) is 0 Å². The Balaban J connectivity index is 0.000000212. The highest BCUT2D eigenvalue weighted by atomic mass is 31.3. The zero-order valence-corrected chi connectivity index (χ0v) is 72.4. The van der Waals surface area contributed by atoms with Crippen molar-refractivity contribution in [2.24, 2.45) is 0 Å². The predicted octanol–water partition coefficient (Wildman–Crippen LogP) is 5.24. The first kappa shape index (κ1) is 101. The van der Waals surface area contributed by atoms with E-state index in [1.54, 1.807) is 42.5 Å². The monoisotopic (exact) mass is 1920 g/mol. The number of aliphatic hydroxyl groups excluding tert-OH is 5. The van der Waals surface area contributed by atoms with E-state index in [0.717, 1.165) is 56.0 Å². The Hall–Kier alpha value is -7.02. The molecule has 0 spiro atoms. The molecule has 0 bridgehead atoms. The second-order valence-corrected chi connectivity index (χ2v) is 42.3. The number of hydrogen-bond donors (Lipinski definition) is 17. The summed E-state index contributed by atoms with van der Waals surface area (Å²) in [5.74, 6) is 5.58. The summed E-state index contributed by atoms with van der Waals surface area (Å²) in [7, 11) is -47.6. The van der Waals surface area contributed by atoms with E-state index >= 15 is 0 Å². The third-order valence-electron chi connectivity index (χ3n) is 17.6. The molecule has 49 nitrogen and oxygen atoms in total. The Morgan fingerprint density at radius 2 is 0.992 bits per heavy atom. The lowest BCUT2D eigenvalue weighted by atomic mass is 10.0. The molecular formula is C66H85N8O41P9. The van der Waals surface area contributed by atoms with E-state index < -0.39 is 203 Å². The molecule has 4 fully saturated rings. The number of nitrogens with one attached hydrogen (secondary N) is 3. The predicted molar refractivity (Wildman–Crippen MR) is 427 cm³/mol. The number of ether oxygens (including phenoxy) is 4. The van der Waals surface area contributed by atoms with Gasteiger partial charge in [-0.1, -0.05) is 147 Å². The Labute approximate surface area is 701 Å². The van der Waals surface area contributed by atoms with Gasteiger partial charge in [0.2, 0.25) is 0 Å². The minimum absolute atomic E-state index is 0.00775. The van der Waals surface area contributed by atoms with Crippen LogP contribution in [-0.4, -0.2) is 185 Å². The fourth-order valence-electron chi connectivity index (χ4n) is 11.8. The molecule has 1 amide bonds. The molecule has 680 valence electrons. The summed E-state index contributed by atoms with van der Waals surface area (Å²) in [6.07, 6.45) is -11.4. The maximum absolute atomic E-state index is 12.6. The van der Waals surface area contributed by atoms with Crippen molar-refractivity contribution < 1.29 is 174 Å². The zero-order chi connectivity index (χ0) is 90.8. The van der Waals surface area contributed by atoms with Gasteiger partial charge >= 0.3 is 92.9 Å². The van der Waals surface area contributed by atoms with Gasteiger partial charge in [0.25, 0.3) is 5.56 Å². The van der Waals surface area contributed by atoms with Crippen LogP contribution in [0.3, 0.4) is 0 Å². The molecule has 3 saturated heterocycles. The lowest BCUT2D eigenvalue weighted by molar-refractivity contribution is -0.0542. The largest absolute Gasteiger partial charge is 0.488 e. The van der Waals surface area contributed by atoms with Crippen LogP contribution in [0.1, 0.15) is 92.8 Å². The van der Waals surface area contributed by atoms with Crippen molar-refractivity contribution in [3.05, 3.63) is 216 Å². The molecule has 12 unspecified atom stereocenters. The lowest BCUT2D eigenvalue weighted by Crippen LogP contribution is -2.38. The maximum atomic E-state index is 12.6. The zero-order valence-electron chi connectivity index (χ0n) is 64.3. The third kappa shape index (κ3) is 30.6. The van der Waals surface area contributed by atoms with E-state index in [2.05, 4.69) is 71.9 Å². The van der Waals surface area contributed by atoms with Crippen LogP contribution in [0, 0.1) is 11.8 Å². The van der Waals surface area contributed by atoms with Crippen LogP contribution in [0.15, 0.2) is 171 Å². The van der Waals surface area contributed by atoms with E-state index in [1.165, 1.54) is 54.9 Å². The molecule has 58 heteroatoms. The lowest BCUT2D eigenvalue weighted by Gasteiger charge is -2.27. The number of carbonyl (C=O) groups excluding carboxylic acids is 1. The highest BCUT2D eigenvalue weighted by molar-refractivity contribution is 7.72. The Morgan fingerprint density at radius 3 is 1.52 bits per heavy atom. The number of H-pyrrole nitrogens is 1. The van der Waals surface area contributed by atoms with Gasteiger partial charge < -0.3 is 93.8 Å². The van der Waals surface area contributed by atoms with Crippen LogP contribution in [0.4, 0.5) is 16.4 Å². The minimum Gasteiger partial charge on any atom is -0.444 e. The van der Waals surface area contributed by atoms with Crippen LogP contribution in [0.25, 0.3) is 0 Å². The first-order chi connectivity index (χ1) is 58.1. The molecule has 17 N–H and O–H groups in total. The molecule has 1 saturated carbocycles. The first-order valence-electron chi connectivity index (χ1n) is 36.5. The average Bonchev–Trinajstić information content (AvgIpc) is 1.65. The summed E-state index contributed by atoms with van der Waals surface area (Å²) in [5.41, 5.74) is -2.70. The van der Waals surface area contributed by atoms with Gasteiger partial charge in [-0.2, -0.15) is 22.9 Å². The fourth-order valence-corrected chi connectivity index (χ4v) is 24.6. The van der Waals surface area contributed by atoms with Gasteiger partial charge in [0.1, 0.15) is 72.8 Å². The Bertz CT molecular complexity index is 5600. The van der Waals surface area contributed by atoms with Crippen LogP contribution in [0.5, 0.6) is 0 Å². The van der Waals surface area contributed by atoms with E-state index in [0.29, 0.717) is 25.2 Å². The Kier molecular flexibility index (Phi) is 35.6. The van der Waals surface area contributed by atoms with E-state index in [4.69, 9.17) is 18.9 Å². The number of rotatable bonds is 35. The molecule has 11 rings (SSSR count). The number of benzene rings is 4. The summed E-state index contributed by atoms with van der Waals surface area (Å²) in [6.45, 7) is -0.345. The standard InChI is InChI=1S/C24H28N3O14P3.C24H25N2O14P3.C18H32N3O13P3/c28-19-13-22(27-12-11-21(25-23(27)29)26-24(30)37-14-17-7-3-1-4-8-17)39-20(19)15-38-43(33,34)41-44(35,36)40-42(31,32)16-18-9-5-2-6-10-18;27-20-19(15-37-42(33,34)40-43(35,36)39-41(31,32)18-12-5-2-6-13-18)38-23(21(20)28)26-14-17(22(29)25-24(26)30)11-7-10-16-8-3-1-4-9-16;1-2-9-19-14-8-10-21(18(24)20-14)17-16(23)15(22)13(32-17)11-31-36(27,28)34-37(29,30)33-35(25,26)12-6-4-3-5-7-12/h1-12,19-20,22,28H,13-16H2,(H,31,32)(H,33,34)(H,35,36)(H,25,26,29,30);1-6,8-9,12-14,19-21,23,27-28H,10,15H2,(H,31,32)(H,33,34)(H,35,36)(H,25,29,30);8,10,12-13,15-17,22-23H,2-7,9,11H2,1H3,(H,25,26)(H,27,28)(H,29,30)(H,19,20,24)/t19?,20-,22-;19-,20?,21+,23-;13-,15?,16+,17-/m111/s1. The van der Waals surface area contributed by atoms with E-state index in [1.807, 2.05) is 48.3 Å². The number of aromatic amines is 1. The van der Waals surface area contributed by atoms with Gasteiger partial charge in [0, 0.05) is 38.0 Å². The molecule has 1 aliphatic carbocycles. The smallest absolute Gasteiger partial charge is 0.444 e. The highest BCUT2D eigenvalue weighted by Crippen LogP contribution is 2.71. The highest BCUT2D eigenvalue weighted by Gasteiger charge is 2.51. The van der Waals surface area contributed by atoms with Gasteiger partial charge in [0.15, 0.2) is 12.5 Å². The summed E-state index contributed by atoms with van der Waals surface area (Å²) in [5, 5.41) is 56.6. The number of hydrogen-bond acceptors (Lipinski definition) is 35.